The lowest BCUT2D eigenvalue weighted by molar-refractivity contribution is 0.560. The van der Waals surface area contributed by atoms with Gasteiger partial charge in [-0.2, -0.15) is 5.26 Å². The van der Waals surface area contributed by atoms with Crippen LogP contribution in [0.4, 0.5) is 0 Å². The summed E-state index contributed by atoms with van der Waals surface area (Å²) in [5, 5.41) is 12.4. The van der Waals surface area contributed by atoms with Crippen LogP contribution >= 0.6 is 0 Å². The lowest BCUT2D eigenvalue weighted by atomic mass is 10.0. The van der Waals surface area contributed by atoms with E-state index in [0.717, 1.165) is 38.8 Å². The largest absolute Gasteiger partial charge is 0.315 e. The molecule has 1 aromatic rings. The normalized spacial score (nSPS) is 16.3. The summed E-state index contributed by atoms with van der Waals surface area (Å²) in [4.78, 5) is 0. The van der Waals surface area contributed by atoms with Crippen LogP contribution in [-0.4, -0.2) is 13.1 Å². The molecule has 19 heavy (non-hydrogen) atoms. The fourth-order valence-corrected chi connectivity index (χ4v) is 2.35. The van der Waals surface area contributed by atoms with Gasteiger partial charge in [-0.1, -0.05) is 38.1 Å². The fraction of sp³-hybridized carbons (Fsp3) is 0.588. The standard InChI is InChI=1S/C17H24N2/c1-14(2)11-16-5-3-15(4-6-16)7-10-19-13-17(12-18)8-9-17/h3-6,14,19H,7-11,13H2,1-2H3. The average Bonchev–Trinajstić information content (AvgIpc) is 3.17. The van der Waals surface area contributed by atoms with E-state index in [0.29, 0.717) is 5.92 Å². The molecular weight excluding hydrogens is 232 g/mol. The van der Waals surface area contributed by atoms with Crippen molar-refractivity contribution in [2.45, 2.75) is 39.5 Å². The van der Waals surface area contributed by atoms with Crippen LogP contribution in [0, 0.1) is 22.7 Å². The summed E-state index contributed by atoms with van der Waals surface area (Å²) in [6.45, 7) is 6.32. The van der Waals surface area contributed by atoms with Gasteiger partial charge in [0.2, 0.25) is 0 Å². The predicted molar refractivity (Wildman–Crippen MR) is 78.8 cm³/mol. The highest BCUT2D eigenvalue weighted by atomic mass is 14.9. The Balaban J connectivity index is 1.70. The molecule has 0 heterocycles. The molecule has 0 saturated heterocycles. The van der Waals surface area contributed by atoms with Crippen LogP contribution in [-0.2, 0) is 12.8 Å². The molecule has 0 atom stereocenters. The second kappa shape index (κ2) is 6.21. The Morgan fingerprint density at radius 1 is 1.21 bits per heavy atom. The third-order valence-electron chi connectivity index (χ3n) is 3.81. The lowest BCUT2D eigenvalue weighted by Gasteiger charge is -2.09. The Kier molecular flexibility index (Phi) is 4.61. The zero-order chi connectivity index (χ0) is 13.7. The minimum atomic E-state index is -0.0267. The highest BCUT2D eigenvalue weighted by Crippen LogP contribution is 2.43. The van der Waals surface area contributed by atoms with Crippen LogP contribution in [0.15, 0.2) is 24.3 Å². The third-order valence-corrected chi connectivity index (χ3v) is 3.81. The molecule has 0 unspecified atom stereocenters. The summed E-state index contributed by atoms with van der Waals surface area (Å²) in [5.74, 6) is 0.716. The monoisotopic (exact) mass is 256 g/mol. The molecule has 2 heteroatoms. The van der Waals surface area contributed by atoms with Crippen molar-refractivity contribution in [1.82, 2.24) is 5.32 Å². The van der Waals surface area contributed by atoms with Crippen molar-refractivity contribution in [3.05, 3.63) is 35.4 Å². The Hall–Kier alpha value is -1.33. The van der Waals surface area contributed by atoms with Crippen LogP contribution in [0.3, 0.4) is 0 Å². The Morgan fingerprint density at radius 3 is 2.37 bits per heavy atom. The molecular formula is C17H24N2. The Bertz CT molecular complexity index is 435. The molecule has 2 nitrogen and oxygen atoms in total. The number of nitriles is 1. The van der Waals surface area contributed by atoms with E-state index in [1.807, 2.05) is 0 Å². The van der Waals surface area contributed by atoms with Crippen molar-refractivity contribution < 1.29 is 0 Å². The van der Waals surface area contributed by atoms with Crippen molar-refractivity contribution in [2.24, 2.45) is 11.3 Å². The molecule has 0 spiro atoms. The zero-order valence-electron chi connectivity index (χ0n) is 12.1. The number of nitrogens with zero attached hydrogens (tertiary/aromatic N) is 1. The summed E-state index contributed by atoms with van der Waals surface area (Å²) in [5.41, 5.74) is 2.77. The van der Waals surface area contributed by atoms with Gasteiger partial charge in [0.1, 0.15) is 0 Å². The molecule has 0 radical (unpaired) electrons. The van der Waals surface area contributed by atoms with Crippen molar-refractivity contribution in [3.63, 3.8) is 0 Å². The summed E-state index contributed by atoms with van der Waals surface area (Å²) >= 11 is 0. The molecule has 0 bridgehead atoms. The molecule has 1 aliphatic rings. The minimum absolute atomic E-state index is 0.0267. The molecule has 1 aliphatic carbocycles. The van der Waals surface area contributed by atoms with Crippen molar-refractivity contribution in [1.29, 1.82) is 5.26 Å². The second-order valence-electron chi connectivity index (χ2n) is 6.23. The van der Waals surface area contributed by atoms with Crippen LogP contribution < -0.4 is 5.32 Å². The maximum atomic E-state index is 8.99. The average molecular weight is 256 g/mol. The van der Waals surface area contributed by atoms with Gasteiger partial charge in [-0.15, -0.1) is 0 Å². The van der Waals surface area contributed by atoms with E-state index in [1.54, 1.807) is 0 Å². The molecule has 0 aromatic heterocycles. The topological polar surface area (TPSA) is 35.8 Å². The maximum Gasteiger partial charge on any atom is 0.0703 e. The van der Waals surface area contributed by atoms with Gasteiger partial charge in [0.05, 0.1) is 11.5 Å². The molecule has 1 saturated carbocycles. The number of nitrogens with one attached hydrogen (secondary N) is 1. The van der Waals surface area contributed by atoms with E-state index in [2.05, 4.69) is 49.5 Å². The lowest BCUT2D eigenvalue weighted by Crippen LogP contribution is -2.25. The first kappa shape index (κ1) is 14.1. The third kappa shape index (κ3) is 4.36. The highest BCUT2D eigenvalue weighted by molar-refractivity contribution is 5.23. The number of benzene rings is 1. The van der Waals surface area contributed by atoms with Crippen LogP contribution in [0.5, 0.6) is 0 Å². The molecule has 1 fully saturated rings. The molecule has 1 aromatic carbocycles. The van der Waals surface area contributed by atoms with Crippen LogP contribution in [0.2, 0.25) is 0 Å². The van der Waals surface area contributed by atoms with Gasteiger partial charge in [-0.25, -0.2) is 0 Å². The van der Waals surface area contributed by atoms with E-state index in [-0.39, 0.29) is 5.41 Å². The highest BCUT2D eigenvalue weighted by Gasteiger charge is 2.42. The minimum Gasteiger partial charge on any atom is -0.315 e. The summed E-state index contributed by atoms with van der Waals surface area (Å²) in [7, 11) is 0. The van der Waals surface area contributed by atoms with Crippen molar-refractivity contribution in [2.75, 3.05) is 13.1 Å². The maximum absolute atomic E-state index is 8.99. The number of rotatable bonds is 7. The molecule has 102 valence electrons. The van der Waals surface area contributed by atoms with E-state index >= 15 is 0 Å². The molecule has 1 N–H and O–H groups in total. The first-order valence-electron chi connectivity index (χ1n) is 7.33. The van der Waals surface area contributed by atoms with Crippen LogP contribution in [0.25, 0.3) is 0 Å². The number of hydrogen-bond donors (Lipinski definition) is 1. The molecule has 0 amide bonds. The van der Waals surface area contributed by atoms with Crippen LogP contribution in [0.1, 0.15) is 37.8 Å². The van der Waals surface area contributed by atoms with Gasteiger partial charge >= 0.3 is 0 Å². The van der Waals surface area contributed by atoms with Gasteiger partial charge < -0.3 is 5.32 Å². The quantitative estimate of drug-likeness (QED) is 0.760. The second-order valence-corrected chi connectivity index (χ2v) is 6.23. The SMILES string of the molecule is CC(C)Cc1ccc(CCNCC2(C#N)CC2)cc1. The summed E-state index contributed by atoms with van der Waals surface area (Å²) in [6.07, 6.45) is 4.34. The fourth-order valence-electron chi connectivity index (χ4n) is 2.35. The Morgan fingerprint density at radius 2 is 1.84 bits per heavy atom. The van der Waals surface area contributed by atoms with E-state index in [9.17, 15) is 0 Å². The van der Waals surface area contributed by atoms with Gasteiger partial charge in [0.15, 0.2) is 0 Å². The van der Waals surface area contributed by atoms with Gasteiger partial charge in [-0.05, 0) is 49.3 Å². The van der Waals surface area contributed by atoms with Crippen molar-refractivity contribution in [3.8, 4) is 6.07 Å². The van der Waals surface area contributed by atoms with Crippen molar-refractivity contribution >= 4 is 0 Å². The molecule has 0 aliphatic heterocycles. The summed E-state index contributed by atoms with van der Waals surface area (Å²) < 4.78 is 0. The van der Waals surface area contributed by atoms with E-state index in [4.69, 9.17) is 5.26 Å². The van der Waals surface area contributed by atoms with Gasteiger partial charge in [0.25, 0.3) is 0 Å². The predicted octanol–water partition coefficient (Wildman–Crippen LogP) is 3.32. The zero-order valence-corrected chi connectivity index (χ0v) is 12.1. The van der Waals surface area contributed by atoms with Gasteiger partial charge in [-0.3, -0.25) is 0 Å². The van der Waals surface area contributed by atoms with E-state index in [1.165, 1.54) is 11.1 Å². The smallest absolute Gasteiger partial charge is 0.0703 e. The van der Waals surface area contributed by atoms with Gasteiger partial charge in [0, 0.05) is 6.54 Å². The Labute approximate surface area is 116 Å². The summed E-state index contributed by atoms with van der Waals surface area (Å²) in [6, 6.07) is 11.4. The molecule has 2 rings (SSSR count). The van der Waals surface area contributed by atoms with E-state index < -0.39 is 0 Å². The first-order chi connectivity index (χ1) is 9.13. The first-order valence-corrected chi connectivity index (χ1v) is 7.33. The number of hydrogen-bond acceptors (Lipinski definition) is 2.